The SMILES string of the molecule is CCc1cc2cc(-c3ccc(C(=O)N4CCC(F)(F)CC4)cc3)cc(Cl)c2o1. The van der Waals surface area contributed by atoms with E-state index in [9.17, 15) is 13.6 Å². The van der Waals surface area contributed by atoms with Gasteiger partial charge in [0.1, 0.15) is 5.76 Å². The predicted molar refractivity (Wildman–Crippen MR) is 106 cm³/mol. The quantitative estimate of drug-likeness (QED) is 0.522. The first-order valence-electron chi connectivity index (χ1n) is 9.36. The first-order chi connectivity index (χ1) is 13.4. The minimum atomic E-state index is -2.66. The molecule has 0 saturated carbocycles. The van der Waals surface area contributed by atoms with Gasteiger partial charge < -0.3 is 9.32 Å². The summed E-state index contributed by atoms with van der Waals surface area (Å²) in [6.45, 7) is 2.19. The molecule has 0 bridgehead atoms. The molecule has 3 aromatic rings. The van der Waals surface area contributed by atoms with E-state index in [1.54, 1.807) is 12.1 Å². The molecule has 0 spiro atoms. The van der Waals surface area contributed by atoms with Gasteiger partial charge in [0.15, 0.2) is 5.58 Å². The molecule has 1 saturated heterocycles. The van der Waals surface area contributed by atoms with E-state index in [4.69, 9.17) is 16.0 Å². The van der Waals surface area contributed by atoms with Crippen molar-refractivity contribution >= 4 is 28.5 Å². The van der Waals surface area contributed by atoms with Crippen LogP contribution in [0.2, 0.25) is 5.02 Å². The van der Waals surface area contributed by atoms with Crippen molar-refractivity contribution in [3.05, 3.63) is 58.8 Å². The summed E-state index contributed by atoms with van der Waals surface area (Å²) in [5.41, 5.74) is 3.02. The second-order valence-electron chi connectivity index (χ2n) is 7.17. The van der Waals surface area contributed by atoms with Gasteiger partial charge in [-0.2, -0.15) is 0 Å². The molecule has 0 unspecified atom stereocenters. The van der Waals surface area contributed by atoms with E-state index in [0.29, 0.717) is 16.2 Å². The molecule has 4 rings (SSSR count). The van der Waals surface area contributed by atoms with Crippen molar-refractivity contribution in [3.8, 4) is 11.1 Å². The average molecular weight is 404 g/mol. The van der Waals surface area contributed by atoms with Crippen LogP contribution in [0.4, 0.5) is 8.78 Å². The summed E-state index contributed by atoms with van der Waals surface area (Å²) in [5, 5.41) is 1.48. The number of furan rings is 1. The predicted octanol–water partition coefficient (Wildman–Crippen LogP) is 6.19. The molecule has 0 N–H and O–H groups in total. The van der Waals surface area contributed by atoms with Crippen LogP contribution >= 0.6 is 11.6 Å². The number of hydrogen-bond donors (Lipinski definition) is 0. The van der Waals surface area contributed by atoms with Crippen LogP contribution < -0.4 is 0 Å². The highest BCUT2D eigenvalue weighted by atomic mass is 35.5. The summed E-state index contributed by atoms with van der Waals surface area (Å²) in [5.74, 6) is -2.00. The van der Waals surface area contributed by atoms with Gasteiger partial charge >= 0.3 is 0 Å². The van der Waals surface area contributed by atoms with Crippen LogP contribution in [0.15, 0.2) is 46.9 Å². The van der Waals surface area contributed by atoms with Crippen molar-refractivity contribution in [2.45, 2.75) is 32.1 Å². The third-order valence-corrected chi connectivity index (χ3v) is 5.50. The number of benzene rings is 2. The van der Waals surface area contributed by atoms with Gasteiger partial charge in [0.25, 0.3) is 11.8 Å². The third kappa shape index (κ3) is 3.63. The molecule has 1 aliphatic heterocycles. The van der Waals surface area contributed by atoms with Crippen molar-refractivity contribution in [3.63, 3.8) is 0 Å². The van der Waals surface area contributed by atoms with E-state index < -0.39 is 5.92 Å². The Labute approximate surface area is 166 Å². The number of alkyl halides is 2. The van der Waals surface area contributed by atoms with Crippen LogP contribution in [0.1, 0.15) is 35.9 Å². The van der Waals surface area contributed by atoms with Gasteiger partial charge in [0, 0.05) is 43.3 Å². The Hall–Kier alpha value is -2.40. The molecule has 0 radical (unpaired) electrons. The smallest absolute Gasteiger partial charge is 0.253 e. The third-order valence-electron chi connectivity index (χ3n) is 5.22. The van der Waals surface area contributed by atoms with Crippen molar-refractivity contribution < 1.29 is 18.0 Å². The number of halogens is 3. The summed E-state index contributed by atoms with van der Waals surface area (Å²) in [7, 11) is 0. The van der Waals surface area contributed by atoms with Gasteiger partial charge in [-0.15, -0.1) is 0 Å². The highest BCUT2D eigenvalue weighted by Gasteiger charge is 2.35. The zero-order valence-corrected chi connectivity index (χ0v) is 16.2. The highest BCUT2D eigenvalue weighted by molar-refractivity contribution is 6.35. The molecule has 1 amide bonds. The number of rotatable bonds is 3. The lowest BCUT2D eigenvalue weighted by molar-refractivity contribution is -0.0494. The number of likely N-dealkylation sites (tertiary alicyclic amines) is 1. The molecular weight excluding hydrogens is 384 g/mol. The van der Waals surface area contributed by atoms with E-state index in [0.717, 1.165) is 28.7 Å². The first kappa shape index (κ1) is 18.9. The normalized spacial score (nSPS) is 16.5. The maximum absolute atomic E-state index is 13.3. The lowest BCUT2D eigenvalue weighted by Gasteiger charge is -2.31. The van der Waals surface area contributed by atoms with Crippen LogP contribution in [0.3, 0.4) is 0 Å². The molecule has 1 fully saturated rings. The van der Waals surface area contributed by atoms with Crippen LogP contribution in [-0.2, 0) is 6.42 Å². The maximum Gasteiger partial charge on any atom is 0.253 e. The van der Waals surface area contributed by atoms with Gasteiger partial charge in [-0.25, -0.2) is 8.78 Å². The number of carbonyl (C=O) groups excluding carboxylic acids is 1. The van der Waals surface area contributed by atoms with Crippen LogP contribution in [0.25, 0.3) is 22.1 Å². The molecule has 3 nitrogen and oxygen atoms in total. The minimum Gasteiger partial charge on any atom is -0.460 e. The Morgan fingerprint density at radius 1 is 1.11 bits per heavy atom. The Morgan fingerprint density at radius 3 is 2.43 bits per heavy atom. The zero-order valence-electron chi connectivity index (χ0n) is 15.5. The molecular formula is C22H20ClF2NO2. The lowest BCUT2D eigenvalue weighted by Crippen LogP contribution is -2.42. The minimum absolute atomic E-state index is 0.0834. The summed E-state index contributed by atoms with van der Waals surface area (Å²) in [4.78, 5) is 14.1. The Morgan fingerprint density at radius 2 is 1.79 bits per heavy atom. The zero-order chi connectivity index (χ0) is 19.9. The summed E-state index contributed by atoms with van der Waals surface area (Å²) >= 11 is 6.37. The Kier molecular flexibility index (Phi) is 4.88. The topological polar surface area (TPSA) is 33.5 Å². The van der Waals surface area contributed by atoms with Crippen LogP contribution in [0.5, 0.6) is 0 Å². The van der Waals surface area contributed by atoms with Gasteiger partial charge in [-0.1, -0.05) is 30.7 Å². The number of nitrogens with zero attached hydrogens (tertiary/aromatic N) is 1. The average Bonchev–Trinajstić information content (AvgIpc) is 3.11. The van der Waals surface area contributed by atoms with Gasteiger partial charge in [0.05, 0.1) is 5.02 Å². The van der Waals surface area contributed by atoms with Crippen LogP contribution in [-0.4, -0.2) is 29.8 Å². The van der Waals surface area contributed by atoms with Crippen molar-refractivity contribution in [2.75, 3.05) is 13.1 Å². The van der Waals surface area contributed by atoms with Crippen LogP contribution in [0, 0.1) is 0 Å². The van der Waals surface area contributed by atoms with Crippen molar-refractivity contribution in [1.82, 2.24) is 4.90 Å². The van der Waals surface area contributed by atoms with Gasteiger partial charge in [-0.3, -0.25) is 4.79 Å². The van der Waals surface area contributed by atoms with E-state index in [1.807, 2.05) is 37.3 Å². The largest absolute Gasteiger partial charge is 0.460 e. The van der Waals surface area contributed by atoms with E-state index in [-0.39, 0.29) is 31.8 Å². The van der Waals surface area contributed by atoms with Gasteiger partial charge in [-0.05, 0) is 41.5 Å². The number of piperidine rings is 1. The fraction of sp³-hybridized carbons (Fsp3) is 0.318. The highest BCUT2D eigenvalue weighted by Crippen LogP contribution is 2.33. The Balaban J connectivity index is 1.56. The molecule has 0 atom stereocenters. The number of fused-ring (bicyclic) bond motifs is 1. The second kappa shape index (κ2) is 7.21. The van der Waals surface area contributed by atoms with Gasteiger partial charge in [0.2, 0.25) is 0 Å². The second-order valence-corrected chi connectivity index (χ2v) is 7.58. The standard InChI is InChI=1S/C22H20ClF2NO2/c1-2-18-12-17-11-16(13-19(23)20(17)28-18)14-3-5-15(6-4-14)21(27)26-9-7-22(24,25)8-10-26/h3-6,11-13H,2,7-10H2,1H3. The molecule has 1 aromatic heterocycles. The van der Waals surface area contributed by atoms with Crippen molar-refractivity contribution in [1.29, 1.82) is 0 Å². The Bertz CT molecular complexity index is 1020. The summed E-state index contributed by atoms with van der Waals surface area (Å²) in [6, 6.07) is 13.0. The molecule has 6 heteroatoms. The number of aryl methyl sites for hydroxylation is 1. The molecule has 2 aromatic carbocycles. The lowest BCUT2D eigenvalue weighted by atomic mass is 10.0. The van der Waals surface area contributed by atoms with E-state index >= 15 is 0 Å². The van der Waals surface area contributed by atoms with E-state index in [2.05, 4.69) is 0 Å². The number of carbonyl (C=O) groups is 1. The summed E-state index contributed by atoms with van der Waals surface area (Å²) in [6.07, 6.45) is 0.235. The summed E-state index contributed by atoms with van der Waals surface area (Å²) < 4.78 is 32.3. The monoisotopic (exact) mass is 403 g/mol. The molecule has 28 heavy (non-hydrogen) atoms. The molecule has 2 heterocycles. The molecule has 1 aliphatic rings. The fourth-order valence-corrected chi connectivity index (χ4v) is 3.79. The first-order valence-corrected chi connectivity index (χ1v) is 9.73. The maximum atomic E-state index is 13.3. The fourth-order valence-electron chi connectivity index (χ4n) is 3.53. The number of amides is 1. The van der Waals surface area contributed by atoms with E-state index in [1.165, 1.54) is 4.90 Å². The van der Waals surface area contributed by atoms with Crippen molar-refractivity contribution in [2.24, 2.45) is 0 Å². The molecule has 0 aliphatic carbocycles. The molecule has 146 valence electrons. The number of hydrogen-bond acceptors (Lipinski definition) is 2.